The monoisotopic (exact) mass is 331 g/mol. The molecule has 2 atom stereocenters. The van der Waals surface area contributed by atoms with Crippen molar-refractivity contribution in [2.24, 2.45) is 5.92 Å². The molecule has 4 heteroatoms. The first-order valence-corrected chi connectivity index (χ1v) is 8.31. The van der Waals surface area contributed by atoms with E-state index in [1.54, 1.807) is 12.1 Å². The number of anilines is 1. The Morgan fingerprint density at radius 1 is 1.00 bits per heavy atom. The molecule has 23 heavy (non-hydrogen) atoms. The van der Waals surface area contributed by atoms with Crippen molar-refractivity contribution in [1.82, 2.24) is 0 Å². The molecule has 0 aromatic heterocycles. The Kier molecular flexibility index (Phi) is 6.20. The van der Waals surface area contributed by atoms with Gasteiger partial charge < -0.3 is 10.6 Å². The van der Waals surface area contributed by atoms with E-state index < -0.39 is 0 Å². The third-order valence-electron chi connectivity index (χ3n) is 3.92. The second kappa shape index (κ2) is 8.14. The normalized spacial score (nSPS) is 13.6. The highest BCUT2D eigenvalue weighted by Crippen LogP contribution is 2.17. The van der Waals surface area contributed by atoms with Gasteiger partial charge in [-0.2, -0.15) is 0 Å². The third-order valence-corrected chi connectivity index (χ3v) is 4.18. The smallest absolute Gasteiger partial charge is 0.282 e. The van der Waals surface area contributed by atoms with Crippen molar-refractivity contribution in [3.63, 3.8) is 0 Å². The average Bonchev–Trinajstić information content (AvgIpc) is 2.55. The van der Waals surface area contributed by atoms with E-state index in [4.69, 9.17) is 11.6 Å². The minimum atomic E-state index is -0.182. The topological polar surface area (TPSA) is 45.7 Å². The Hall–Kier alpha value is -1.84. The van der Waals surface area contributed by atoms with Crippen LogP contribution in [0.3, 0.4) is 0 Å². The highest BCUT2D eigenvalue weighted by molar-refractivity contribution is 6.30. The number of hydrogen-bond donors (Lipinski definition) is 2. The maximum absolute atomic E-state index is 12.4. The number of rotatable bonds is 6. The Balaban J connectivity index is 2.02. The van der Waals surface area contributed by atoms with E-state index in [2.05, 4.69) is 36.6 Å². The molecular formula is C19H24ClN2O+. The molecule has 0 aliphatic rings. The molecule has 3 N–H and O–H groups in total. The van der Waals surface area contributed by atoms with E-state index in [-0.39, 0.29) is 18.0 Å². The molecule has 0 fully saturated rings. The van der Waals surface area contributed by atoms with Gasteiger partial charge in [-0.25, -0.2) is 0 Å². The van der Waals surface area contributed by atoms with Crippen molar-refractivity contribution >= 4 is 23.2 Å². The highest BCUT2D eigenvalue weighted by atomic mass is 35.5. The largest absolute Gasteiger partial charge is 0.330 e. The van der Waals surface area contributed by atoms with E-state index in [0.717, 1.165) is 5.69 Å². The maximum atomic E-state index is 12.4. The van der Waals surface area contributed by atoms with Crippen molar-refractivity contribution < 1.29 is 10.1 Å². The average molecular weight is 332 g/mol. The van der Waals surface area contributed by atoms with Crippen LogP contribution < -0.4 is 10.6 Å². The molecule has 122 valence electrons. The zero-order valence-electron chi connectivity index (χ0n) is 13.8. The number of amides is 1. The number of carbonyl (C=O) groups excluding carboxylic acids is 1. The van der Waals surface area contributed by atoms with Crippen LogP contribution >= 0.6 is 11.6 Å². The number of benzene rings is 2. The van der Waals surface area contributed by atoms with E-state index in [0.29, 0.717) is 10.9 Å². The van der Waals surface area contributed by atoms with Crippen LogP contribution in [0, 0.1) is 5.92 Å². The van der Waals surface area contributed by atoms with Crippen molar-refractivity contribution in [2.75, 3.05) is 5.32 Å². The second-order valence-corrected chi connectivity index (χ2v) is 6.59. The van der Waals surface area contributed by atoms with E-state index in [1.807, 2.05) is 37.3 Å². The quantitative estimate of drug-likeness (QED) is 0.834. The molecular weight excluding hydrogens is 308 g/mol. The molecule has 0 bridgehead atoms. The molecule has 0 aliphatic heterocycles. The molecule has 0 saturated heterocycles. The van der Waals surface area contributed by atoms with Crippen molar-refractivity contribution in [3.8, 4) is 0 Å². The van der Waals surface area contributed by atoms with Crippen molar-refractivity contribution in [3.05, 3.63) is 65.2 Å². The van der Waals surface area contributed by atoms with Crippen molar-refractivity contribution in [1.29, 1.82) is 0 Å². The van der Waals surface area contributed by atoms with Gasteiger partial charge >= 0.3 is 0 Å². The van der Waals surface area contributed by atoms with Gasteiger partial charge in [-0.05, 0) is 31.2 Å². The predicted octanol–water partition coefficient (Wildman–Crippen LogP) is 3.63. The summed E-state index contributed by atoms with van der Waals surface area (Å²) in [5, 5.41) is 5.72. The third kappa shape index (κ3) is 5.08. The van der Waals surface area contributed by atoms with Gasteiger partial charge in [0, 0.05) is 22.2 Å². The Bertz CT molecular complexity index is 626. The fraction of sp³-hybridized carbons (Fsp3) is 0.316. The lowest BCUT2D eigenvalue weighted by atomic mass is 9.95. The van der Waals surface area contributed by atoms with Gasteiger partial charge in [0.1, 0.15) is 6.04 Å². The predicted molar refractivity (Wildman–Crippen MR) is 95.5 cm³/mol. The molecule has 0 saturated carbocycles. The van der Waals surface area contributed by atoms with Crippen LogP contribution in [-0.2, 0) is 4.79 Å². The number of quaternary nitrogens is 1. The molecule has 2 rings (SSSR count). The fourth-order valence-electron chi connectivity index (χ4n) is 2.58. The minimum Gasteiger partial charge on any atom is -0.330 e. The molecule has 0 unspecified atom stereocenters. The molecule has 0 aliphatic carbocycles. The molecule has 0 heterocycles. The summed E-state index contributed by atoms with van der Waals surface area (Å²) < 4.78 is 0. The summed E-state index contributed by atoms with van der Waals surface area (Å²) in [7, 11) is 0. The van der Waals surface area contributed by atoms with E-state index >= 15 is 0 Å². The van der Waals surface area contributed by atoms with Crippen LogP contribution in [0.5, 0.6) is 0 Å². The van der Waals surface area contributed by atoms with Gasteiger partial charge in [-0.15, -0.1) is 0 Å². The Morgan fingerprint density at radius 2 is 1.61 bits per heavy atom. The number of hydrogen-bond acceptors (Lipinski definition) is 1. The lowest BCUT2D eigenvalue weighted by Gasteiger charge is -2.23. The van der Waals surface area contributed by atoms with Gasteiger partial charge in [0.15, 0.2) is 6.04 Å². The SMILES string of the molecule is CC(C)[C@@H]([NH2+][C@H](C)C(=O)Nc1ccc(Cl)cc1)c1ccccc1. The maximum Gasteiger partial charge on any atom is 0.282 e. The van der Waals surface area contributed by atoms with Crippen LogP contribution in [0.2, 0.25) is 5.02 Å². The standard InChI is InChI=1S/C19H23ClN2O/c1-13(2)18(15-7-5-4-6-8-15)21-14(3)19(23)22-17-11-9-16(20)10-12-17/h4-14,18,21H,1-3H3,(H,22,23)/p+1/t14-,18-/m1/s1. The summed E-state index contributed by atoms with van der Waals surface area (Å²) in [6.45, 7) is 6.29. The summed E-state index contributed by atoms with van der Waals surface area (Å²) in [4.78, 5) is 12.4. The van der Waals surface area contributed by atoms with Gasteiger partial charge in [-0.3, -0.25) is 4.79 Å². The molecule has 0 spiro atoms. The first-order valence-electron chi connectivity index (χ1n) is 7.93. The minimum absolute atomic E-state index is 0.00564. The summed E-state index contributed by atoms with van der Waals surface area (Å²) >= 11 is 5.86. The van der Waals surface area contributed by atoms with Crippen LogP contribution in [0.25, 0.3) is 0 Å². The molecule has 1 amide bonds. The lowest BCUT2D eigenvalue weighted by molar-refractivity contribution is -0.718. The first-order chi connectivity index (χ1) is 11.0. The number of carbonyl (C=O) groups is 1. The van der Waals surface area contributed by atoms with Gasteiger partial charge in [0.2, 0.25) is 0 Å². The first kappa shape index (κ1) is 17.5. The number of nitrogens with two attached hydrogens (primary N) is 1. The Labute approximate surface area is 143 Å². The van der Waals surface area contributed by atoms with Gasteiger partial charge in [0.05, 0.1) is 0 Å². The van der Waals surface area contributed by atoms with Crippen LogP contribution in [0.1, 0.15) is 32.4 Å². The zero-order valence-corrected chi connectivity index (χ0v) is 14.5. The van der Waals surface area contributed by atoms with Crippen LogP contribution in [0.15, 0.2) is 54.6 Å². The summed E-state index contributed by atoms with van der Waals surface area (Å²) in [5.41, 5.74) is 2.01. The molecule has 0 radical (unpaired) electrons. The van der Waals surface area contributed by atoms with Crippen LogP contribution in [0.4, 0.5) is 5.69 Å². The summed E-state index contributed by atoms with van der Waals surface area (Å²) in [5.74, 6) is 0.428. The molecule has 2 aromatic rings. The molecule has 2 aromatic carbocycles. The van der Waals surface area contributed by atoms with Gasteiger partial charge in [-0.1, -0.05) is 55.8 Å². The fourth-order valence-corrected chi connectivity index (χ4v) is 2.71. The summed E-state index contributed by atoms with van der Waals surface area (Å²) in [6, 6.07) is 17.6. The van der Waals surface area contributed by atoms with Gasteiger partial charge in [0.25, 0.3) is 5.91 Å². The number of halogens is 1. The lowest BCUT2D eigenvalue weighted by Crippen LogP contribution is -2.93. The Morgan fingerprint density at radius 3 is 2.17 bits per heavy atom. The number of nitrogens with one attached hydrogen (secondary N) is 1. The second-order valence-electron chi connectivity index (χ2n) is 6.16. The van der Waals surface area contributed by atoms with E-state index in [9.17, 15) is 4.79 Å². The highest BCUT2D eigenvalue weighted by Gasteiger charge is 2.25. The molecule has 3 nitrogen and oxygen atoms in total. The summed E-state index contributed by atoms with van der Waals surface area (Å²) in [6.07, 6.45) is 0. The van der Waals surface area contributed by atoms with Crippen molar-refractivity contribution in [2.45, 2.75) is 32.9 Å². The van der Waals surface area contributed by atoms with Crippen LogP contribution in [-0.4, -0.2) is 11.9 Å². The van der Waals surface area contributed by atoms with E-state index in [1.165, 1.54) is 5.56 Å². The zero-order chi connectivity index (χ0) is 16.8.